The first-order valence-corrected chi connectivity index (χ1v) is 8.39. The molecule has 98 valence electrons. The third-order valence-electron chi connectivity index (χ3n) is 2.36. The molecule has 2 aromatic heterocycles. The first-order chi connectivity index (χ1) is 8.49. The van der Waals surface area contributed by atoms with Crippen molar-refractivity contribution < 1.29 is 14.4 Å². The highest BCUT2D eigenvalue weighted by atomic mass is 32.2. The molecule has 0 aromatic carbocycles. The molecular formula is C10H14N3O3PS. The van der Waals surface area contributed by atoms with E-state index in [4.69, 9.17) is 9.79 Å². The van der Waals surface area contributed by atoms with Crippen LogP contribution in [0.1, 0.15) is 18.3 Å². The molecule has 0 fully saturated rings. The molecule has 6 nitrogen and oxygen atoms in total. The minimum absolute atomic E-state index is 0.181. The van der Waals surface area contributed by atoms with Gasteiger partial charge in [-0.1, -0.05) is 6.92 Å². The number of hydrogen-bond acceptors (Lipinski definition) is 4. The Morgan fingerprint density at radius 1 is 1.50 bits per heavy atom. The fourth-order valence-corrected chi connectivity index (χ4v) is 3.32. The molecular weight excluding hydrogens is 273 g/mol. The third kappa shape index (κ3) is 3.32. The van der Waals surface area contributed by atoms with Crippen molar-refractivity contribution in [1.29, 1.82) is 0 Å². The van der Waals surface area contributed by atoms with Crippen molar-refractivity contribution in [2.75, 3.05) is 5.49 Å². The van der Waals surface area contributed by atoms with Gasteiger partial charge < -0.3 is 9.79 Å². The molecule has 0 unspecified atom stereocenters. The lowest BCUT2D eigenvalue weighted by Crippen LogP contribution is -2.02. The highest BCUT2D eigenvalue weighted by Crippen LogP contribution is 2.39. The molecule has 0 atom stereocenters. The zero-order chi connectivity index (χ0) is 13.2. The quantitative estimate of drug-likeness (QED) is 0.813. The van der Waals surface area contributed by atoms with E-state index in [9.17, 15) is 4.57 Å². The van der Waals surface area contributed by atoms with E-state index in [1.807, 2.05) is 19.1 Å². The first kappa shape index (κ1) is 13.5. The summed E-state index contributed by atoms with van der Waals surface area (Å²) >= 11 is 1.20. The molecule has 0 aliphatic heterocycles. The number of rotatable bonds is 5. The van der Waals surface area contributed by atoms with Crippen molar-refractivity contribution in [2.45, 2.75) is 19.1 Å². The van der Waals surface area contributed by atoms with Crippen LogP contribution in [0.5, 0.6) is 0 Å². The molecule has 0 saturated carbocycles. The molecule has 2 heterocycles. The van der Waals surface area contributed by atoms with Gasteiger partial charge in [0.2, 0.25) is 0 Å². The van der Waals surface area contributed by atoms with E-state index < -0.39 is 7.60 Å². The highest BCUT2D eigenvalue weighted by Gasteiger charge is 2.13. The topological polar surface area (TPSA) is 87.7 Å². The van der Waals surface area contributed by atoms with Crippen LogP contribution in [0, 0.1) is 0 Å². The summed E-state index contributed by atoms with van der Waals surface area (Å²) < 4.78 is 12.5. The van der Waals surface area contributed by atoms with E-state index in [1.54, 1.807) is 10.7 Å². The fraction of sp³-hybridized carbons (Fsp3) is 0.400. The SMILES string of the molecule is CCc1cc(CSCP(=O)(O)O)n2nccc2n1. The van der Waals surface area contributed by atoms with E-state index >= 15 is 0 Å². The summed E-state index contributed by atoms with van der Waals surface area (Å²) in [6, 6.07) is 3.74. The van der Waals surface area contributed by atoms with Gasteiger partial charge >= 0.3 is 7.60 Å². The molecule has 2 N–H and O–H groups in total. The Kier molecular flexibility index (Phi) is 4.07. The Morgan fingerprint density at radius 2 is 2.28 bits per heavy atom. The van der Waals surface area contributed by atoms with Gasteiger partial charge in [-0.25, -0.2) is 9.50 Å². The van der Waals surface area contributed by atoms with Crippen LogP contribution >= 0.6 is 19.4 Å². The van der Waals surface area contributed by atoms with Crippen LogP contribution in [0.15, 0.2) is 18.3 Å². The second-order valence-corrected chi connectivity index (χ2v) is 6.89. The smallest absolute Gasteiger partial charge is 0.324 e. The van der Waals surface area contributed by atoms with Gasteiger partial charge in [0, 0.05) is 17.5 Å². The van der Waals surface area contributed by atoms with Gasteiger partial charge in [-0.2, -0.15) is 5.10 Å². The zero-order valence-electron chi connectivity index (χ0n) is 9.85. The second-order valence-electron chi connectivity index (χ2n) is 3.84. The van der Waals surface area contributed by atoms with Crippen molar-refractivity contribution in [3.8, 4) is 0 Å². The minimum atomic E-state index is -3.95. The molecule has 0 aliphatic rings. The maximum atomic E-state index is 10.8. The molecule has 8 heteroatoms. The predicted molar refractivity (Wildman–Crippen MR) is 70.6 cm³/mol. The first-order valence-electron chi connectivity index (χ1n) is 5.44. The van der Waals surface area contributed by atoms with Gasteiger partial charge in [0.25, 0.3) is 0 Å². The van der Waals surface area contributed by atoms with Crippen LogP contribution in [0.2, 0.25) is 0 Å². The van der Waals surface area contributed by atoms with Gasteiger partial charge in [0.05, 0.1) is 17.4 Å². The summed E-state index contributed by atoms with van der Waals surface area (Å²) in [5.41, 5.74) is 2.44. The number of thioether (sulfide) groups is 1. The average molecular weight is 287 g/mol. The Bertz CT molecular complexity index is 595. The summed E-state index contributed by atoms with van der Waals surface area (Å²) in [4.78, 5) is 22.1. The van der Waals surface area contributed by atoms with Crippen molar-refractivity contribution in [2.24, 2.45) is 0 Å². The molecule has 0 aliphatic carbocycles. The Morgan fingerprint density at radius 3 is 2.94 bits per heavy atom. The highest BCUT2D eigenvalue weighted by molar-refractivity contribution is 8.03. The zero-order valence-corrected chi connectivity index (χ0v) is 11.6. The minimum Gasteiger partial charge on any atom is -0.324 e. The number of aryl methyl sites for hydroxylation is 1. The summed E-state index contributed by atoms with van der Waals surface area (Å²) in [6.07, 6.45) is 2.48. The van der Waals surface area contributed by atoms with Gasteiger partial charge in [-0.15, -0.1) is 11.8 Å². The summed E-state index contributed by atoms with van der Waals surface area (Å²) in [6.45, 7) is 2.02. The number of nitrogens with zero attached hydrogens (tertiary/aromatic N) is 3. The summed E-state index contributed by atoms with van der Waals surface area (Å²) in [5.74, 6) is 0.499. The maximum absolute atomic E-state index is 10.8. The average Bonchev–Trinajstić information content (AvgIpc) is 2.75. The summed E-state index contributed by atoms with van der Waals surface area (Å²) in [7, 11) is -3.95. The lowest BCUT2D eigenvalue weighted by atomic mass is 10.3. The van der Waals surface area contributed by atoms with Crippen molar-refractivity contribution >= 4 is 25.0 Å². The molecule has 0 bridgehead atoms. The Balaban J connectivity index is 2.20. The van der Waals surface area contributed by atoms with Crippen molar-refractivity contribution in [3.05, 3.63) is 29.7 Å². The van der Waals surface area contributed by atoms with Gasteiger partial charge in [-0.05, 0) is 12.5 Å². The van der Waals surface area contributed by atoms with Crippen molar-refractivity contribution in [3.63, 3.8) is 0 Å². The normalized spacial score (nSPS) is 12.2. The van der Waals surface area contributed by atoms with Crippen molar-refractivity contribution in [1.82, 2.24) is 14.6 Å². The van der Waals surface area contributed by atoms with Crippen LogP contribution in [0.25, 0.3) is 5.65 Å². The monoisotopic (exact) mass is 287 g/mol. The number of hydrogen-bond donors (Lipinski definition) is 2. The standard InChI is InChI=1S/C10H14N3O3PS/c1-2-8-5-9(6-18-7-17(14,15)16)13-10(12-8)3-4-11-13/h3-5H,2,6-7H2,1H3,(H2,14,15,16). The lowest BCUT2D eigenvalue weighted by Gasteiger charge is -2.07. The second kappa shape index (κ2) is 5.40. The molecule has 0 saturated heterocycles. The lowest BCUT2D eigenvalue weighted by molar-refractivity contribution is 0.379. The molecule has 0 spiro atoms. The van der Waals surface area contributed by atoms with Crippen LogP contribution < -0.4 is 0 Å². The van der Waals surface area contributed by atoms with E-state index in [0.29, 0.717) is 5.75 Å². The van der Waals surface area contributed by atoms with Crippen LogP contribution in [-0.4, -0.2) is 29.9 Å². The molecule has 18 heavy (non-hydrogen) atoms. The number of fused-ring (bicyclic) bond motifs is 1. The Labute approximate surface area is 109 Å². The Hall–Kier alpha value is -0.880. The number of aromatic nitrogens is 3. The van der Waals surface area contributed by atoms with Crippen LogP contribution in [0.4, 0.5) is 0 Å². The van der Waals surface area contributed by atoms with Crippen LogP contribution in [0.3, 0.4) is 0 Å². The fourth-order valence-electron chi connectivity index (χ4n) is 1.59. The summed E-state index contributed by atoms with van der Waals surface area (Å²) in [5, 5.41) is 4.16. The van der Waals surface area contributed by atoms with Gasteiger partial charge in [0.15, 0.2) is 5.65 Å². The van der Waals surface area contributed by atoms with Gasteiger partial charge in [0.1, 0.15) is 0 Å². The van der Waals surface area contributed by atoms with E-state index in [0.717, 1.165) is 23.5 Å². The van der Waals surface area contributed by atoms with E-state index in [2.05, 4.69) is 10.1 Å². The molecule has 2 aromatic rings. The van der Waals surface area contributed by atoms with Gasteiger partial charge in [-0.3, -0.25) is 4.57 Å². The predicted octanol–water partition coefficient (Wildman–Crippen LogP) is 1.66. The molecule has 0 radical (unpaired) electrons. The molecule has 0 amide bonds. The van der Waals surface area contributed by atoms with E-state index in [1.165, 1.54) is 11.8 Å². The largest absolute Gasteiger partial charge is 0.335 e. The third-order valence-corrected chi connectivity index (χ3v) is 4.93. The van der Waals surface area contributed by atoms with Crippen LogP contribution in [-0.2, 0) is 16.7 Å². The molecule has 2 rings (SSSR count). The van der Waals surface area contributed by atoms with E-state index in [-0.39, 0.29) is 5.49 Å². The maximum Gasteiger partial charge on any atom is 0.335 e.